The van der Waals surface area contributed by atoms with Crippen LogP contribution in [0.15, 0.2) is 48.5 Å². The van der Waals surface area contributed by atoms with Crippen LogP contribution in [0.5, 0.6) is 0 Å². The highest BCUT2D eigenvalue weighted by molar-refractivity contribution is 5.81. The van der Waals surface area contributed by atoms with Crippen molar-refractivity contribution in [2.45, 2.75) is 31.2 Å². The first-order valence-electron chi connectivity index (χ1n) is 11.7. The Labute approximate surface area is 197 Å². The number of amides is 2. The fourth-order valence-electron chi connectivity index (χ4n) is 5.57. The molecule has 0 bridgehead atoms. The lowest BCUT2D eigenvalue weighted by Crippen LogP contribution is -2.38. The quantitative estimate of drug-likeness (QED) is 0.492. The van der Waals surface area contributed by atoms with Gasteiger partial charge in [-0.3, -0.25) is 9.59 Å². The van der Waals surface area contributed by atoms with Gasteiger partial charge in [0.05, 0.1) is 12.0 Å². The molecule has 0 radical (unpaired) electrons. The summed E-state index contributed by atoms with van der Waals surface area (Å²) in [7, 11) is 0. The molecule has 2 amide bonds. The molecule has 178 valence electrons. The minimum atomic E-state index is -0.759. The van der Waals surface area contributed by atoms with Crippen molar-refractivity contribution in [3.63, 3.8) is 0 Å². The predicted molar refractivity (Wildman–Crippen MR) is 123 cm³/mol. The molecule has 5 rings (SSSR count). The van der Waals surface area contributed by atoms with Crippen LogP contribution in [-0.2, 0) is 19.1 Å². The molecule has 3 N–H and O–H groups in total. The van der Waals surface area contributed by atoms with Crippen LogP contribution in [-0.4, -0.2) is 55.5 Å². The van der Waals surface area contributed by atoms with Crippen molar-refractivity contribution in [3.8, 4) is 11.1 Å². The van der Waals surface area contributed by atoms with Crippen molar-refractivity contribution < 1.29 is 29.0 Å². The number of alkyl carbamates (subject to hydrolysis) is 1. The molecule has 0 spiro atoms. The number of carbonyl (C=O) groups is 3. The second-order valence-corrected chi connectivity index (χ2v) is 9.37. The Morgan fingerprint density at radius 1 is 1.00 bits per heavy atom. The number of carbonyl (C=O) groups excluding carboxylic acids is 2. The van der Waals surface area contributed by atoms with Gasteiger partial charge in [0.1, 0.15) is 13.2 Å². The molecule has 34 heavy (non-hydrogen) atoms. The molecule has 0 unspecified atom stereocenters. The Hall–Kier alpha value is -3.39. The summed E-state index contributed by atoms with van der Waals surface area (Å²) in [5.41, 5.74) is 4.03. The smallest absolute Gasteiger partial charge is 0.407 e. The summed E-state index contributed by atoms with van der Waals surface area (Å²) in [6, 6.07) is 16.2. The lowest BCUT2D eigenvalue weighted by molar-refractivity contribution is -0.144. The Kier molecular flexibility index (Phi) is 6.00. The van der Waals surface area contributed by atoms with Gasteiger partial charge in [-0.2, -0.15) is 0 Å². The van der Waals surface area contributed by atoms with Gasteiger partial charge in [-0.15, -0.1) is 0 Å². The molecule has 2 aromatic carbocycles. The number of aliphatic carboxylic acids is 1. The Bertz CT molecular complexity index is 1070. The van der Waals surface area contributed by atoms with E-state index >= 15 is 0 Å². The highest BCUT2D eigenvalue weighted by Crippen LogP contribution is 2.63. The summed E-state index contributed by atoms with van der Waals surface area (Å²) in [5, 5.41) is 14.8. The number of ether oxygens (including phenoxy) is 2. The molecule has 2 fully saturated rings. The molecule has 2 aromatic rings. The van der Waals surface area contributed by atoms with Crippen molar-refractivity contribution in [1.29, 1.82) is 0 Å². The fourth-order valence-corrected chi connectivity index (χ4v) is 5.57. The van der Waals surface area contributed by atoms with Gasteiger partial charge in [-0.05, 0) is 47.4 Å². The summed E-state index contributed by atoms with van der Waals surface area (Å²) >= 11 is 0. The number of fused-ring (bicyclic) bond motifs is 4. The Balaban J connectivity index is 0.994. The molecule has 0 heterocycles. The molecular formula is C26H28N2O6. The summed E-state index contributed by atoms with van der Waals surface area (Å²) < 4.78 is 10.8. The summed E-state index contributed by atoms with van der Waals surface area (Å²) in [5.74, 6) is -0.851. The molecule has 2 saturated carbocycles. The van der Waals surface area contributed by atoms with Gasteiger partial charge in [0.25, 0.3) is 0 Å². The van der Waals surface area contributed by atoms with Gasteiger partial charge in [0.15, 0.2) is 0 Å². The van der Waals surface area contributed by atoms with Gasteiger partial charge in [0.2, 0.25) is 5.91 Å². The number of nitrogens with one attached hydrogen (secondary N) is 2. The zero-order valence-electron chi connectivity index (χ0n) is 18.8. The first kappa shape index (κ1) is 22.4. The number of rotatable bonds is 9. The number of hydrogen-bond donors (Lipinski definition) is 3. The van der Waals surface area contributed by atoms with E-state index in [4.69, 9.17) is 9.47 Å². The minimum Gasteiger partial charge on any atom is -0.481 e. The van der Waals surface area contributed by atoms with Gasteiger partial charge in [0, 0.05) is 18.5 Å². The van der Waals surface area contributed by atoms with Gasteiger partial charge < -0.3 is 25.2 Å². The molecule has 0 aliphatic heterocycles. The van der Waals surface area contributed by atoms with Crippen LogP contribution >= 0.6 is 0 Å². The largest absolute Gasteiger partial charge is 0.481 e. The Morgan fingerprint density at radius 3 is 2.32 bits per heavy atom. The monoisotopic (exact) mass is 464 g/mol. The fraction of sp³-hybridized carbons (Fsp3) is 0.423. The first-order valence-corrected chi connectivity index (χ1v) is 11.7. The van der Waals surface area contributed by atoms with E-state index in [1.807, 2.05) is 24.3 Å². The third-order valence-corrected chi connectivity index (χ3v) is 7.30. The van der Waals surface area contributed by atoms with Crippen LogP contribution in [0.2, 0.25) is 0 Å². The van der Waals surface area contributed by atoms with Crippen molar-refractivity contribution in [2.75, 3.05) is 26.4 Å². The first-order chi connectivity index (χ1) is 16.5. The molecule has 8 heteroatoms. The second kappa shape index (κ2) is 9.10. The maximum Gasteiger partial charge on any atom is 0.407 e. The highest BCUT2D eigenvalue weighted by Gasteiger charge is 2.65. The van der Waals surface area contributed by atoms with E-state index in [2.05, 4.69) is 34.9 Å². The van der Waals surface area contributed by atoms with Crippen LogP contribution in [0, 0.1) is 11.3 Å². The van der Waals surface area contributed by atoms with Crippen molar-refractivity contribution in [1.82, 2.24) is 10.6 Å². The molecule has 8 nitrogen and oxygen atoms in total. The van der Waals surface area contributed by atoms with Gasteiger partial charge in [-0.1, -0.05) is 48.5 Å². The molecular weight excluding hydrogens is 436 g/mol. The van der Waals surface area contributed by atoms with E-state index in [-0.39, 0.29) is 50.2 Å². The number of carboxylic acids is 1. The average Bonchev–Trinajstić information content (AvgIpc) is 3.26. The van der Waals surface area contributed by atoms with Crippen LogP contribution in [0.25, 0.3) is 11.1 Å². The normalized spacial score (nSPS) is 24.0. The summed E-state index contributed by atoms with van der Waals surface area (Å²) in [6.07, 6.45) is 1.38. The molecule has 3 aliphatic rings. The zero-order chi connectivity index (χ0) is 23.7. The van der Waals surface area contributed by atoms with Crippen LogP contribution < -0.4 is 10.6 Å². The van der Waals surface area contributed by atoms with Gasteiger partial charge >= 0.3 is 12.1 Å². The SMILES string of the molecule is O=C(COCCNC(=O)OCC1c2ccccc2-c2ccccc21)N[C@H]1C[C@@H]2C[C@]2(C(=O)O)C1. The Morgan fingerprint density at radius 2 is 1.68 bits per heavy atom. The lowest BCUT2D eigenvalue weighted by Gasteiger charge is -2.16. The van der Waals surface area contributed by atoms with E-state index in [0.29, 0.717) is 19.3 Å². The topological polar surface area (TPSA) is 114 Å². The standard InChI is InChI=1S/C26H28N2O6/c29-23(28-17-11-16-12-26(16,13-17)24(30)31)15-33-10-9-27-25(32)34-14-22-20-7-3-1-5-18(20)19-6-2-4-8-21(19)22/h1-8,16-17,22H,9-15H2,(H,27,32)(H,28,29)(H,30,31)/t16-,17+,26+/m1/s1. The molecule has 3 atom stereocenters. The lowest BCUT2D eigenvalue weighted by atomic mass is 9.98. The van der Waals surface area contributed by atoms with E-state index in [1.54, 1.807) is 0 Å². The van der Waals surface area contributed by atoms with Crippen molar-refractivity contribution >= 4 is 18.0 Å². The van der Waals surface area contributed by atoms with E-state index in [0.717, 1.165) is 11.1 Å². The van der Waals surface area contributed by atoms with Gasteiger partial charge in [-0.25, -0.2) is 4.79 Å². The maximum atomic E-state index is 12.2. The molecule has 0 aromatic heterocycles. The van der Waals surface area contributed by atoms with E-state index < -0.39 is 17.5 Å². The number of benzene rings is 2. The third kappa shape index (κ3) is 4.25. The van der Waals surface area contributed by atoms with E-state index in [9.17, 15) is 19.5 Å². The van der Waals surface area contributed by atoms with Crippen LogP contribution in [0.3, 0.4) is 0 Å². The van der Waals surface area contributed by atoms with Crippen molar-refractivity contribution in [3.05, 3.63) is 59.7 Å². The van der Waals surface area contributed by atoms with Crippen LogP contribution in [0.1, 0.15) is 36.3 Å². The maximum absolute atomic E-state index is 12.2. The highest BCUT2D eigenvalue weighted by atomic mass is 16.5. The molecule has 3 aliphatic carbocycles. The van der Waals surface area contributed by atoms with Crippen molar-refractivity contribution in [2.24, 2.45) is 11.3 Å². The second-order valence-electron chi connectivity index (χ2n) is 9.37. The van der Waals surface area contributed by atoms with Crippen LogP contribution in [0.4, 0.5) is 4.79 Å². The minimum absolute atomic E-state index is 0.0000136. The summed E-state index contributed by atoms with van der Waals surface area (Å²) in [6.45, 7) is 0.499. The number of carboxylic acid groups (broad SMARTS) is 1. The zero-order valence-corrected chi connectivity index (χ0v) is 18.8. The number of hydrogen-bond acceptors (Lipinski definition) is 5. The van der Waals surface area contributed by atoms with E-state index in [1.165, 1.54) is 11.1 Å². The average molecular weight is 465 g/mol. The summed E-state index contributed by atoms with van der Waals surface area (Å²) in [4.78, 5) is 35.5. The predicted octanol–water partition coefficient (Wildman–Crippen LogP) is 2.91. The molecule has 0 saturated heterocycles. The third-order valence-electron chi connectivity index (χ3n) is 7.30.